The molecule has 1 aliphatic heterocycles. The van der Waals surface area contributed by atoms with Crippen LogP contribution in [0.2, 0.25) is 0 Å². The Morgan fingerprint density at radius 2 is 1.88 bits per heavy atom. The first-order valence-corrected chi connectivity index (χ1v) is 8.50. The molecule has 1 aliphatic rings. The molecular weight excluding hydrogens is 319 g/mol. The first-order valence-electron chi connectivity index (χ1n) is 8.50. The van der Waals surface area contributed by atoms with Crippen molar-refractivity contribution < 1.29 is 9.23 Å². The third-order valence-electron chi connectivity index (χ3n) is 4.39. The van der Waals surface area contributed by atoms with Gasteiger partial charge in [0.2, 0.25) is 0 Å². The highest BCUT2D eigenvalue weighted by Crippen LogP contribution is 2.14. The summed E-state index contributed by atoms with van der Waals surface area (Å²) in [7, 11) is 1.54. The summed E-state index contributed by atoms with van der Waals surface area (Å²) in [6, 6.07) is 12.4. The second-order valence-corrected chi connectivity index (χ2v) is 5.99. The fourth-order valence-corrected chi connectivity index (χ4v) is 3.00. The zero-order chi connectivity index (χ0) is 17.5. The number of nitrogens with zero attached hydrogens (tertiary/aromatic N) is 4. The van der Waals surface area contributed by atoms with Crippen molar-refractivity contribution in [1.29, 1.82) is 0 Å². The molecule has 1 fully saturated rings. The lowest BCUT2D eigenvalue weighted by Gasteiger charge is -2.35. The number of rotatable bonds is 6. The molecule has 3 rings (SSSR count). The third kappa shape index (κ3) is 4.76. The van der Waals surface area contributed by atoms with Crippen LogP contribution in [0.3, 0.4) is 0 Å². The predicted octanol–water partition coefficient (Wildman–Crippen LogP) is 2.78. The van der Waals surface area contributed by atoms with Gasteiger partial charge in [0.15, 0.2) is 0 Å². The summed E-state index contributed by atoms with van der Waals surface area (Å²) in [6.45, 7) is 4.80. The topological polar surface area (TPSA) is 41.0 Å². The average molecular weight is 342 g/mol. The Labute approximate surface area is 147 Å². The van der Waals surface area contributed by atoms with E-state index in [1.807, 2.05) is 24.4 Å². The molecular formula is C19H23FN4O. The SMILES string of the molecule is CON=C(CCN1CCN(c2ccccn2)CC1)c1ccc(F)cc1. The highest BCUT2D eigenvalue weighted by Gasteiger charge is 2.18. The van der Waals surface area contributed by atoms with Crippen LogP contribution in [0.25, 0.3) is 0 Å². The minimum atomic E-state index is -0.244. The lowest BCUT2D eigenvalue weighted by Crippen LogP contribution is -2.47. The molecule has 0 unspecified atom stereocenters. The fourth-order valence-electron chi connectivity index (χ4n) is 3.00. The average Bonchev–Trinajstić information content (AvgIpc) is 2.67. The summed E-state index contributed by atoms with van der Waals surface area (Å²) >= 11 is 0. The molecule has 0 spiro atoms. The maximum absolute atomic E-state index is 13.1. The zero-order valence-corrected chi connectivity index (χ0v) is 14.4. The second-order valence-electron chi connectivity index (χ2n) is 5.99. The third-order valence-corrected chi connectivity index (χ3v) is 4.39. The number of oxime groups is 1. The normalized spacial score (nSPS) is 16.1. The Kier molecular flexibility index (Phi) is 5.95. The summed E-state index contributed by atoms with van der Waals surface area (Å²) in [4.78, 5) is 14.1. The number of pyridine rings is 1. The van der Waals surface area contributed by atoms with Crippen molar-refractivity contribution in [2.24, 2.45) is 5.16 Å². The number of aromatic nitrogens is 1. The van der Waals surface area contributed by atoms with Crippen molar-refractivity contribution in [1.82, 2.24) is 9.88 Å². The quantitative estimate of drug-likeness (QED) is 0.598. The van der Waals surface area contributed by atoms with Crippen molar-refractivity contribution >= 4 is 11.5 Å². The molecule has 1 aromatic heterocycles. The number of anilines is 1. The number of hydrogen-bond donors (Lipinski definition) is 0. The van der Waals surface area contributed by atoms with Crippen molar-refractivity contribution in [2.45, 2.75) is 6.42 Å². The van der Waals surface area contributed by atoms with E-state index >= 15 is 0 Å². The van der Waals surface area contributed by atoms with Gasteiger partial charge in [-0.2, -0.15) is 0 Å². The van der Waals surface area contributed by atoms with Gasteiger partial charge in [-0.1, -0.05) is 23.4 Å². The summed E-state index contributed by atoms with van der Waals surface area (Å²) < 4.78 is 13.1. The number of benzene rings is 1. The van der Waals surface area contributed by atoms with Crippen molar-refractivity contribution in [3.05, 3.63) is 60.0 Å². The number of hydrogen-bond acceptors (Lipinski definition) is 5. The van der Waals surface area contributed by atoms with Gasteiger partial charge in [-0.3, -0.25) is 4.90 Å². The van der Waals surface area contributed by atoms with Gasteiger partial charge < -0.3 is 9.74 Å². The largest absolute Gasteiger partial charge is 0.399 e. The molecule has 1 aromatic carbocycles. The summed E-state index contributed by atoms with van der Waals surface area (Å²) in [5, 5.41) is 4.12. The smallest absolute Gasteiger partial charge is 0.128 e. The van der Waals surface area contributed by atoms with Crippen LogP contribution < -0.4 is 4.90 Å². The summed E-state index contributed by atoms with van der Waals surface area (Å²) in [5.41, 5.74) is 1.74. The molecule has 0 radical (unpaired) electrons. The van der Waals surface area contributed by atoms with Gasteiger partial charge >= 0.3 is 0 Å². The van der Waals surface area contributed by atoms with Gasteiger partial charge in [-0.05, 0) is 29.8 Å². The van der Waals surface area contributed by atoms with Crippen LogP contribution in [0.5, 0.6) is 0 Å². The molecule has 0 saturated carbocycles. The molecule has 25 heavy (non-hydrogen) atoms. The Morgan fingerprint density at radius 1 is 1.12 bits per heavy atom. The van der Waals surface area contributed by atoms with Gasteiger partial charge in [0, 0.05) is 45.3 Å². The molecule has 0 bridgehead atoms. The van der Waals surface area contributed by atoms with E-state index in [-0.39, 0.29) is 5.82 Å². The van der Waals surface area contributed by atoms with Gasteiger partial charge in [-0.15, -0.1) is 0 Å². The van der Waals surface area contributed by atoms with Crippen molar-refractivity contribution in [3.63, 3.8) is 0 Å². The molecule has 0 aliphatic carbocycles. The van der Waals surface area contributed by atoms with Crippen LogP contribution in [0.15, 0.2) is 53.8 Å². The van der Waals surface area contributed by atoms with E-state index in [0.29, 0.717) is 0 Å². The fraction of sp³-hybridized carbons (Fsp3) is 0.368. The van der Waals surface area contributed by atoms with Crippen molar-refractivity contribution in [2.75, 3.05) is 44.7 Å². The Bertz CT molecular complexity index is 682. The predicted molar refractivity (Wildman–Crippen MR) is 97.5 cm³/mol. The van der Waals surface area contributed by atoms with Gasteiger partial charge in [-0.25, -0.2) is 9.37 Å². The van der Waals surface area contributed by atoms with E-state index in [0.717, 1.165) is 56.2 Å². The minimum Gasteiger partial charge on any atom is -0.399 e. The second kappa shape index (κ2) is 8.58. The zero-order valence-electron chi connectivity index (χ0n) is 14.4. The van der Waals surface area contributed by atoms with Crippen molar-refractivity contribution in [3.8, 4) is 0 Å². The van der Waals surface area contributed by atoms with Crippen LogP contribution in [-0.2, 0) is 4.84 Å². The van der Waals surface area contributed by atoms with Crippen LogP contribution >= 0.6 is 0 Å². The van der Waals surface area contributed by atoms with Crippen LogP contribution in [0.4, 0.5) is 10.2 Å². The Balaban J connectivity index is 1.53. The Hall–Kier alpha value is -2.47. The highest BCUT2D eigenvalue weighted by molar-refractivity contribution is 6.00. The van der Waals surface area contributed by atoms with E-state index in [1.165, 1.54) is 19.2 Å². The lowest BCUT2D eigenvalue weighted by atomic mass is 10.1. The standard InChI is InChI=1S/C19H23FN4O/c1-25-22-18(16-5-7-17(20)8-6-16)9-11-23-12-14-24(15-13-23)19-4-2-3-10-21-19/h2-8,10H,9,11-15H2,1H3. The molecule has 0 atom stereocenters. The number of piperazine rings is 1. The maximum atomic E-state index is 13.1. The highest BCUT2D eigenvalue weighted by atomic mass is 19.1. The molecule has 132 valence electrons. The van der Waals surface area contributed by atoms with Crippen LogP contribution in [0.1, 0.15) is 12.0 Å². The first-order chi connectivity index (χ1) is 12.3. The number of halogens is 1. The van der Waals surface area contributed by atoms with Gasteiger partial charge in [0.05, 0.1) is 5.71 Å². The minimum absolute atomic E-state index is 0.244. The van der Waals surface area contributed by atoms with Gasteiger partial charge in [0.25, 0.3) is 0 Å². The molecule has 2 heterocycles. The lowest BCUT2D eigenvalue weighted by molar-refractivity contribution is 0.211. The van der Waals surface area contributed by atoms with E-state index in [4.69, 9.17) is 4.84 Å². The maximum Gasteiger partial charge on any atom is 0.128 e. The summed E-state index contributed by atoms with van der Waals surface area (Å²) in [6.07, 6.45) is 2.60. The molecule has 1 saturated heterocycles. The monoisotopic (exact) mass is 342 g/mol. The van der Waals surface area contributed by atoms with Crippen LogP contribution in [-0.4, -0.2) is 55.4 Å². The molecule has 6 heteroatoms. The first kappa shape index (κ1) is 17.4. The van der Waals surface area contributed by atoms with Crippen LogP contribution in [0, 0.1) is 5.82 Å². The molecule has 5 nitrogen and oxygen atoms in total. The molecule has 0 N–H and O–H groups in total. The Morgan fingerprint density at radius 3 is 2.52 bits per heavy atom. The van der Waals surface area contributed by atoms with E-state index in [1.54, 1.807) is 12.1 Å². The molecule has 0 amide bonds. The summed E-state index contributed by atoms with van der Waals surface area (Å²) in [5.74, 6) is 0.793. The van der Waals surface area contributed by atoms with E-state index < -0.39 is 0 Å². The molecule has 2 aromatic rings. The van der Waals surface area contributed by atoms with E-state index in [9.17, 15) is 4.39 Å². The van der Waals surface area contributed by atoms with Gasteiger partial charge in [0.1, 0.15) is 18.7 Å². The van der Waals surface area contributed by atoms with E-state index in [2.05, 4.69) is 19.9 Å².